The third-order valence-electron chi connectivity index (χ3n) is 6.01. The van der Waals surface area contributed by atoms with E-state index < -0.39 is 0 Å². The number of amides is 1. The van der Waals surface area contributed by atoms with Gasteiger partial charge in [0.1, 0.15) is 11.3 Å². The van der Waals surface area contributed by atoms with Gasteiger partial charge in [0.2, 0.25) is 5.91 Å². The number of carbonyl (C=O) groups is 2. The first-order valence-electron chi connectivity index (χ1n) is 10.7. The predicted octanol–water partition coefficient (Wildman–Crippen LogP) is 3.08. The lowest BCUT2D eigenvalue weighted by atomic mass is 9.88. The fourth-order valence-electron chi connectivity index (χ4n) is 4.21. The van der Waals surface area contributed by atoms with Crippen molar-refractivity contribution in [1.82, 2.24) is 14.3 Å². The van der Waals surface area contributed by atoms with Crippen LogP contribution < -0.4 is 10.3 Å². The molecule has 1 saturated heterocycles. The Morgan fingerprint density at radius 3 is 2.58 bits per heavy atom. The summed E-state index contributed by atoms with van der Waals surface area (Å²) in [5.41, 5.74) is 2.02. The molecule has 0 spiro atoms. The minimum absolute atomic E-state index is 0.0455. The lowest BCUT2D eigenvalue weighted by Gasteiger charge is -2.31. The number of H-pyrrole nitrogens is 1. The lowest BCUT2D eigenvalue weighted by Crippen LogP contribution is -2.40. The van der Waals surface area contributed by atoms with E-state index in [2.05, 4.69) is 4.98 Å². The molecule has 3 heterocycles. The van der Waals surface area contributed by atoms with Gasteiger partial charge in [-0.1, -0.05) is 0 Å². The predicted molar refractivity (Wildman–Crippen MR) is 118 cm³/mol. The average molecular weight is 421 g/mol. The van der Waals surface area contributed by atoms with E-state index in [9.17, 15) is 14.4 Å². The van der Waals surface area contributed by atoms with Crippen LogP contribution in [-0.2, 0) is 11.2 Å². The molecule has 0 aliphatic carbocycles. The number of aromatic nitrogens is 2. The molecule has 7 nitrogen and oxygen atoms in total. The van der Waals surface area contributed by atoms with Gasteiger partial charge in [-0.3, -0.25) is 14.4 Å². The summed E-state index contributed by atoms with van der Waals surface area (Å²) in [7, 11) is 1.60. The van der Waals surface area contributed by atoms with Crippen molar-refractivity contribution in [2.75, 3.05) is 20.2 Å². The number of benzene rings is 1. The summed E-state index contributed by atoms with van der Waals surface area (Å²) in [6, 6.07) is 10.8. The Labute approximate surface area is 180 Å². The minimum Gasteiger partial charge on any atom is -0.497 e. The molecule has 0 unspecified atom stereocenters. The van der Waals surface area contributed by atoms with Gasteiger partial charge < -0.3 is 19.0 Å². The molecule has 0 radical (unpaired) electrons. The number of piperidine rings is 1. The van der Waals surface area contributed by atoms with Crippen molar-refractivity contribution in [3.8, 4) is 5.75 Å². The molecule has 0 atom stereocenters. The molecule has 4 rings (SSSR count). The fourth-order valence-corrected chi connectivity index (χ4v) is 4.21. The highest BCUT2D eigenvalue weighted by Crippen LogP contribution is 2.23. The molecule has 1 aliphatic rings. The number of nitrogens with zero attached hydrogens (tertiary/aromatic N) is 2. The fraction of sp³-hybridized carbons (Fsp3) is 0.375. The van der Waals surface area contributed by atoms with Gasteiger partial charge in [0.05, 0.1) is 7.11 Å². The molecule has 1 aliphatic heterocycles. The van der Waals surface area contributed by atoms with Gasteiger partial charge in [0.25, 0.3) is 5.56 Å². The van der Waals surface area contributed by atoms with Gasteiger partial charge in [0, 0.05) is 49.1 Å². The van der Waals surface area contributed by atoms with E-state index in [0.717, 1.165) is 11.4 Å². The van der Waals surface area contributed by atoms with Gasteiger partial charge >= 0.3 is 0 Å². The first-order valence-corrected chi connectivity index (χ1v) is 10.7. The minimum atomic E-state index is -0.113. The topological polar surface area (TPSA) is 83.9 Å². The summed E-state index contributed by atoms with van der Waals surface area (Å²) in [5, 5.41) is 0. The number of hydrogen-bond donors (Lipinski definition) is 1. The van der Waals surface area contributed by atoms with Crippen molar-refractivity contribution in [2.24, 2.45) is 5.92 Å². The Balaban J connectivity index is 1.25. The van der Waals surface area contributed by atoms with Crippen LogP contribution in [0.4, 0.5) is 0 Å². The Morgan fingerprint density at radius 2 is 1.87 bits per heavy atom. The number of Topliss-reactive ketones (excluding diaryl/α,β-unsaturated/α-hetero) is 1. The summed E-state index contributed by atoms with van der Waals surface area (Å²) >= 11 is 0. The summed E-state index contributed by atoms with van der Waals surface area (Å²) < 4.78 is 6.95. The highest BCUT2D eigenvalue weighted by Gasteiger charge is 2.27. The number of nitrogens with one attached hydrogen (secondary N) is 1. The van der Waals surface area contributed by atoms with Crippen molar-refractivity contribution in [1.29, 1.82) is 0 Å². The van der Waals surface area contributed by atoms with Crippen LogP contribution in [0.2, 0.25) is 0 Å². The van der Waals surface area contributed by atoms with Gasteiger partial charge in [-0.2, -0.15) is 0 Å². The zero-order valence-corrected chi connectivity index (χ0v) is 17.7. The van der Waals surface area contributed by atoms with Crippen LogP contribution in [-0.4, -0.2) is 46.2 Å². The van der Waals surface area contributed by atoms with Crippen molar-refractivity contribution >= 4 is 17.2 Å². The zero-order valence-electron chi connectivity index (χ0n) is 17.7. The summed E-state index contributed by atoms with van der Waals surface area (Å²) in [5.74, 6) is 0.934. The molecule has 1 amide bonds. The third kappa shape index (κ3) is 4.71. The van der Waals surface area contributed by atoms with E-state index in [0.29, 0.717) is 56.3 Å². The molecule has 0 saturated carbocycles. The molecule has 1 aromatic carbocycles. The number of likely N-dealkylation sites (tertiary alicyclic amines) is 1. The number of ether oxygens (including phenoxy) is 1. The van der Waals surface area contributed by atoms with Gasteiger partial charge in [-0.15, -0.1) is 0 Å². The number of aryl methyl sites for hydroxylation is 1. The maximum absolute atomic E-state index is 12.7. The van der Waals surface area contributed by atoms with Crippen molar-refractivity contribution in [3.63, 3.8) is 0 Å². The number of methoxy groups -OCH3 is 1. The molecular formula is C24H27N3O4. The molecular weight excluding hydrogens is 394 g/mol. The van der Waals surface area contributed by atoms with Crippen LogP contribution in [0.3, 0.4) is 0 Å². The molecule has 2 aromatic heterocycles. The third-order valence-corrected chi connectivity index (χ3v) is 6.01. The largest absolute Gasteiger partial charge is 0.497 e. The second-order valence-electron chi connectivity index (χ2n) is 8.01. The van der Waals surface area contributed by atoms with Crippen LogP contribution in [0.15, 0.2) is 53.6 Å². The Hall–Kier alpha value is -3.35. The number of rotatable bonds is 7. The molecule has 1 N–H and O–H groups in total. The number of hydrogen-bond acceptors (Lipinski definition) is 4. The van der Waals surface area contributed by atoms with Crippen molar-refractivity contribution in [2.45, 2.75) is 32.1 Å². The van der Waals surface area contributed by atoms with E-state index in [1.165, 1.54) is 0 Å². The van der Waals surface area contributed by atoms with Crippen molar-refractivity contribution < 1.29 is 14.3 Å². The second kappa shape index (κ2) is 9.20. The number of ketones is 1. The summed E-state index contributed by atoms with van der Waals surface area (Å²) in [6.45, 7) is 1.22. The number of carbonyl (C=O) groups excluding carboxylic acids is 2. The highest BCUT2D eigenvalue weighted by atomic mass is 16.5. The van der Waals surface area contributed by atoms with Crippen LogP contribution >= 0.6 is 0 Å². The van der Waals surface area contributed by atoms with Gasteiger partial charge in [-0.05, 0) is 62.1 Å². The van der Waals surface area contributed by atoms with Crippen molar-refractivity contribution in [3.05, 3.63) is 70.4 Å². The number of aromatic amines is 1. The van der Waals surface area contributed by atoms with E-state index in [1.54, 1.807) is 41.8 Å². The molecule has 31 heavy (non-hydrogen) atoms. The van der Waals surface area contributed by atoms with Gasteiger partial charge in [0.15, 0.2) is 5.78 Å². The monoisotopic (exact) mass is 421 g/mol. The van der Waals surface area contributed by atoms with E-state index in [1.807, 2.05) is 23.4 Å². The molecule has 1 fully saturated rings. The SMILES string of the molecule is COc1ccc(C(=O)C2CCN(C(=O)CCCc3cn4cccc4c(=O)[nH]3)CC2)cc1. The second-order valence-corrected chi connectivity index (χ2v) is 8.01. The van der Waals surface area contributed by atoms with E-state index in [-0.39, 0.29) is 23.2 Å². The average Bonchev–Trinajstić information content (AvgIpc) is 3.28. The molecule has 0 bridgehead atoms. The van der Waals surface area contributed by atoms with Crippen LogP contribution in [0.5, 0.6) is 5.75 Å². The van der Waals surface area contributed by atoms with E-state index >= 15 is 0 Å². The quantitative estimate of drug-likeness (QED) is 0.594. The Kier molecular flexibility index (Phi) is 6.21. The molecule has 162 valence electrons. The van der Waals surface area contributed by atoms with Gasteiger partial charge in [-0.25, -0.2) is 0 Å². The first-order chi connectivity index (χ1) is 15.0. The van der Waals surface area contributed by atoms with E-state index in [4.69, 9.17) is 4.74 Å². The first kappa shape index (κ1) is 20.9. The number of fused-ring (bicyclic) bond motifs is 1. The Bertz CT molecular complexity index is 1120. The van der Waals surface area contributed by atoms with Crippen LogP contribution in [0, 0.1) is 5.92 Å². The highest BCUT2D eigenvalue weighted by molar-refractivity contribution is 5.98. The normalized spacial score (nSPS) is 14.7. The smallest absolute Gasteiger partial charge is 0.272 e. The standard InChI is InChI=1S/C24H27N3O4/c1-31-20-9-7-17(8-10-20)23(29)18-11-14-26(15-12-18)22(28)6-2-4-19-16-27-13-3-5-21(27)24(30)25-19/h3,5,7-10,13,16,18H,2,4,6,11-12,14-15H2,1H3,(H,25,30). The summed E-state index contributed by atoms with van der Waals surface area (Å²) in [4.78, 5) is 42.1. The molecule has 3 aromatic rings. The maximum atomic E-state index is 12.7. The van der Waals surface area contributed by atoms with Crippen LogP contribution in [0.25, 0.3) is 5.52 Å². The van der Waals surface area contributed by atoms with Crippen LogP contribution in [0.1, 0.15) is 41.7 Å². The molecule has 7 heteroatoms. The summed E-state index contributed by atoms with van der Waals surface area (Å²) in [6.07, 6.45) is 6.87. The lowest BCUT2D eigenvalue weighted by molar-refractivity contribution is -0.132. The zero-order chi connectivity index (χ0) is 21.8. The maximum Gasteiger partial charge on any atom is 0.272 e. The Morgan fingerprint density at radius 1 is 1.13 bits per heavy atom.